The number of rotatable bonds is 76. The first-order chi connectivity index (χ1) is 47.1. The van der Waals surface area contributed by atoms with Gasteiger partial charge >= 0.3 is 39.5 Å². The van der Waals surface area contributed by atoms with Gasteiger partial charge in [0, 0.05) is 25.7 Å². The van der Waals surface area contributed by atoms with Gasteiger partial charge in [0.05, 0.1) is 26.4 Å². The number of hydrogen-bond donors (Lipinski definition) is 3. The molecule has 0 fully saturated rings. The summed E-state index contributed by atoms with van der Waals surface area (Å²) in [4.78, 5) is 72.8. The monoisotopic (exact) mass is 1440 g/mol. The summed E-state index contributed by atoms with van der Waals surface area (Å²) in [6.45, 7) is 14.2. The summed E-state index contributed by atoms with van der Waals surface area (Å²) in [6, 6.07) is 0. The second kappa shape index (κ2) is 68.2. The number of phosphoric ester groups is 2. The van der Waals surface area contributed by atoms with E-state index in [2.05, 4.69) is 55.4 Å². The number of carbonyl (C=O) groups excluding carboxylic acids is 4. The zero-order chi connectivity index (χ0) is 72.4. The predicted octanol–water partition coefficient (Wildman–Crippen LogP) is 23.2. The van der Waals surface area contributed by atoms with E-state index in [1.807, 2.05) is 0 Å². The molecule has 0 bridgehead atoms. The Morgan fingerprint density at radius 1 is 0.286 bits per heavy atom. The van der Waals surface area contributed by atoms with Crippen molar-refractivity contribution in [2.75, 3.05) is 39.6 Å². The number of hydrogen-bond acceptors (Lipinski definition) is 15. The SMILES string of the molecule is CCC(C)CCCCCCCCCCCCCCCCC(=O)O[C@H](COC(=O)CCCCCCCCCC(C)C)COP(=O)(O)OCC(O)COP(=O)(O)OC[C@@H](COC(=O)CCCCCCCCC(C)C)OC(=O)CCCCCCCCCCCCCCCCCCCCC(C)C. The van der Waals surface area contributed by atoms with Crippen LogP contribution in [0.3, 0.4) is 0 Å². The minimum Gasteiger partial charge on any atom is -0.462 e. The van der Waals surface area contributed by atoms with Crippen LogP contribution in [-0.2, 0) is 65.4 Å². The average molecular weight is 1440 g/mol. The highest BCUT2D eigenvalue weighted by atomic mass is 31.2. The second-order valence-corrected chi connectivity index (χ2v) is 33.0. The van der Waals surface area contributed by atoms with Crippen molar-refractivity contribution in [2.45, 2.75) is 420 Å². The van der Waals surface area contributed by atoms with Gasteiger partial charge in [-0.1, -0.05) is 351 Å². The zero-order valence-electron chi connectivity index (χ0n) is 64.4. The molecule has 0 aromatic rings. The van der Waals surface area contributed by atoms with Crippen molar-refractivity contribution >= 4 is 39.5 Å². The highest BCUT2D eigenvalue weighted by Gasteiger charge is 2.30. The molecule has 0 amide bonds. The Kier molecular flexibility index (Phi) is 66.8. The van der Waals surface area contributed by atoms with Crippen LogP contribution in [0.4, 0.5) is 0 Å². The minimum absolute atomic E-state index is 0.106. The first kappa shape index (κ1) is 96.1. The van der Waals surface area contributed by atoms with Gasteiger partial charge in [-0.25, -0.2) is 9.13 Å². The maximum absolute atomic E-state index is 13.1. The highest BCUT2D eigenvalue weighted by molar-refractivity contribution is 7.47. The molecule has 19 heteroatoms. The van der Waals surface area contributed by atoms with Gasteiger partial charge in [-0.3, -0.25) is 37.3 Å². The van der Waals surface area contributed by atoms with E-state index in [0.29, 0.717) is 37.5 Å². The maximum Gasteiger partial charge on any atom is 0.472 e. The molecule has 98 heavy (non-hydrogen) atoms. The fraction of sp³-hybridized carbons (Fsp3) is 0.949. The van der Waals surface area contributed by atoms with Crippen LogP contribution in [0, 0.1) is 23.7 Å². The first-order valence-corrected chi connectivity index (χ1v) is 43.7. The molecule has 0 saturated heterocycles. The summed E-state index contributed by atoms with van der Waals surface area (Å²) in [7, 11) is -9.92. The quantitative estimate of drug-likeness (QED) is 0.0222. The Labute approximate surface area is 600 Å². The van der Waals surface area contributed by atoms with Gasteiger partial charge in [0.1, 0.15) is 19.3 Å². The van der Waals surface area contributed by atoms with E-state index < -0.39 is 97.5 Å². The molecule has 4 unspecified atom stereocenters. The van der Waals surface area contributed by atoms with E-state index in [-0.39, 0.29) is 25.7 Å². The van der Waals surface area contributed by atoms with Crippen molar-refractivity contribution in [1.29, 1.82) is 0 Å². The van der Waals surface area contributed by atoms with Gasteiger partial charge < -0.3 is 33.8 Å². The number of carbonyl (C=O) groups is 4. The van der Waals surface area contributed by atoms with E-state index in [1.165, 1.54) is 193 Å². The molecular formula is C79H154O17P2. The number of aliphatic hydroxyl groups is 1. The van der Waals surface area contributed by atoms with Gasteiger partial charge in [0.25, 0.3) is 0 Å². The van der Waals surface area contributed by atoms with Gasteiger partial charge in [0.2, 0.25) is 0 Å². The molecule has 0 aliphatic carbocycles. The standard InChI is InChI=1S/C79H154O17P2/c1-9-72(8)58-50-42-33-27-23-19-16-17-21-25-29-35-46-54-61-78(83)95-74(65-89-76(81)59-51-43-36-30-32-40-48-56-70(4)5)67-93-97(85,86)91-63-73(80)64-92-98(87,88)94-68-75(66-90-77(82)60-52-44-38-37-41-49-57-71(6)7)96-79(84)62-53-45-34-28-24-20-15-13-11-10-12-14-18-22-26-31-39-47-55-69(2)3/h69-75,80H,9-68H2,1-8H3,(H,85,86)(H,87,88)/t72?,73?,74-,75-/m1/s1. The lowest BCUT2D eigenvalue weighted by Crippen LogP contribution is -2.30. The molecule has 0 radical (unpaired) electrons. The Balaban J connectivity index is 5.15. The largest absolute Gasteiger partial charge is 0.472 e. The van der Waals surface area contributed by atoms with Crippen molar-refractivity contribution in [3.05, 3.63) is 0 Å². The van der Waals surface area contributed by atoms with Crippen LogP contribution in [0.25, 0.3) is 0 Å². The van der Waals surface area contributed by atoms with Crippen LogP contribution >= 0.6 is 15.6 Å². The van der Waals surface area contributed by atoms with Gasteiger partial charge in [-0.15, -0.1) is 0 Å². The normalized spacial score (nSPS) is 14.3. The maximum atomic E-state index is 13.1. The number of ether oxygens (including phenoxy) is 4. The second-order valence-electron chi connectivity index (χ2n) is 30.1. The third-order valence-corrected chi connectivity index (χ3v) is 20.6. The molecule has 0 aliphatic rings. The molecule has 0 aliphatic heterocycles. The summed E-state index contributed by atoms with van der Waals surface area (Å²) in [5.74, 6) is 0.930. The summed E-state index contributed by atoms with van der Waals surface area (Å²) < 4.78 is 68.5. The lowest BCUT2D eigenvalue weighted by atomic mass is 9.99. The third-order valence-electron chi connectivity index (χ3n) is 18.7. The Morgan fingerprint density at radius 2 is 0.490 bits per heavy atom. The minimum atomic E-state index is -4.96. The molecule has 6 atom stereocenters. The van der Waals surface area contributed by atoms with Crippen molar-refractivity contribution in [3.63, 3.8) is 0 Å². The van der Waals surface area contributed by atoms with E-state index in [0.717, 1.165) is 115 Å². The highest BCUT2D eigenvalue weighted by Crippen LogP contribution is 2.45. The fourth-order valence-corrected chi connectivity index (χ4v) is 13.6. The molecular weight excluding hydrogens is 1280 g/mol. The molecule has 0 spiro atoms. The summed E-state index contributed by atoms with van der Waals surface area (Å²) in [5.41, 5.74) is 0. The smallest absolute Gasteiger partial charge is 0.462 e. The van der Waals surface area contributed by atoms with E-state index in [9.17, 15) is 43.2 Å². The molecule has 0 saturated carbocycles. The van der Waals surface area contributed by atoms with Crippen molar-refractivity contribution in [1.82, 2.24) is 0 Å². The van der Waals surface area contributed by atoms with E-state index >= 15 is 0 Å². The molecule has 17 nitrogen and oxygen atoms in total. The van der Waals surface area contributed by atoms with Crippen LogP contribution < -0.4 is 0 Å². The number of unbranched alkanes of at least 4 members (excludes halogenated alkanes) is 41. The fourth-order valence-electron chi connectivity index (χ4n) is 12.0. The number of esters is 4. The van der Waals surface area contributed by atoms with E-state index in [4.69, 9.17) is 37.0 Å². The lowest BCUT2D eigenvalue weighted by molar-refractivity contribution is -0.161. The third kappa shape index (κ3) is 71.1. The van der Waals surface area contributed by atoms with Gasteiger partial charge in [-0.05, 0) is 49.4 Å². The van der Waals surface area contributed by atoms with Crippen LogP contribution in [-0.4, -0.2) is 96.7 Å². The summed E-state index contributed by atoms with van der Waals surface area (Å²) >= 11 is 0. The lowest BCUT2D eigenvalue weighted by Gasteiger charge is -2.21. The molecule has 0 aromatic carbocycles. The molecule has 0 rings (SSSR count). The van der Waals surface area contributed by atoms with Crippen LogP contribution in [0.15, 0.2) is 0 Å². The predicted molar refractivity (Wildman–Crippen MR) is 400 cm³/mol. The Hall–Kier alpha value is -1.94. The van der Waals surface area contributed by atoms with Crippen LogP contribution in [0.1, 0.15) is 402 Å². The molecule has 0 aromatic heterocycles. The summed E-state index contributed by atoms with van der Waals surface area (Å²) in [5, 5.41) is 10.6. The van der Waals surface area contributed by atoms with Crippen LogP contribution in [0.2, 0.25) is 0 Å². The number of phosphoric acid groups is 2. The van der Waals surface area contributed by atoms with Crippen molar-refractivity contribution in [2.24, 2.45) is 23.7 Å². The zero-order valence-corrected chi connectivity index (χ0v) is 66.2. The topological polar surface area (TPSA) is 237 Å². The Morgan fingerprint density at radius 3 is 0.724 bits per heavy atom. The average Bonchev–Trinajstić information content (AvgIpc) is 0.958. The molecule has 582 valence electrons. The van der Waals surface area contributed by atoms with Crippen LogP contribution in [0.5, 0.6) is 0 Å². The van der Waals surface area contributed by atoms with Gasteiger partial charge in [0.15, 0.2) is 12.2 Å². The summed E-state index contributed by atoms with van der Waals surface area (Å²) in [6.07, 6.45) is 54.4. The first-order valence-electron chi connectivity index (χ1n) is 40.7. The van der Waals surface area contributed by atoms with Crippen molar-refractivity contribution < 1.29 is 80.2 Å². The van der Waals surface area contributed by atoms with Gasteiger partial charge in [-0.2, -0.15) is 0 Å². The number of aliphatic hydroxyl groups excluding tert-OH is 1. The van der Waals surface area contributed by atoms with Crippen molar-refractivity contribution in [3.8, 4) is 0 Å². The van der Waals surface area contributed by atoms with E-state index in [1.54, 1.807) is 0 Å². The molecule has 0 heterocycles. The Bertz CT molecular complexity index is 1920. The molecule has 3 N–H and O–H groups in total.